The van der Waals surface area contributed by atoms with Gasteiger partial charge in [0.05, 0.1) is 0 Å². The van der Waals surface area contributed by atoms with Crippen molar-refractivity contribution < 1.29 is 4.74 Å². The van der Waals surface area contributed by atoms with Gasteiger partial charge < -0.3 is 10.1 Å². The van der Waals surface area contributed by atoms with Crippen LogP contribution in [0.2, 0.25) is 0 Å². The molecule has 0 aromatic rings. The number of hydrogen-bond donors (Lipinski definition) is 1. The molecule has 2 aliphatic rings. The summed E-state index contributed by atoms with van der Waals surface area (Å²) in [5.74, 6) is 2.07. The topological polar surface area (TPSA) is 21.3 Å². The van der Waals surface area contributed by atoms with Crippen LogP contribution in [0, 0.1) is 11.8 Å². The van der Waals surface area contributed by atoms with Crippen LogP contribution in [0.5, 0.6) is 0 Å². The van der Waals surface area contributed by atoms with Crippen LogP contribution in [0.1, 0.15) is 32.1 Å². The van der Waals surface area contributed by atoms with Gasteiger partial charge >= 0.3 is 0 Å². The van der Waals surface area contributed by atoms with Crippen molar-refractivity contribution in [2.45, 2.75) is 38.1 Å². The highest BCUT2D eigenvalue weighted by Gasteiger charge is 2.38. The van der Waals surface area contributed by atoms with Crippen molar-refractivity contribution in [2.24, 2.45) is 11.8 Å². The summed E-state index contributed by atoms with van der Waals surface area (Å²) in [4.78, 5) is 0. The van der Waals surface area contributed by atoms with Crippen LogP contribution in [0.15, 0.2) is 0 Å². The van der Waals surface area contributed by atoms with E-state index in [1.165, 1.54) is 25.7 Å². The van der Waals surface area contributed by atoms with E-state index in [1.807, 2.05) is 0 Å². The van der Waals surface area contributed by atoms with Gasteiger partial charge in [0, 0.05) is 19.8 Å². The quantitative estimate of drug-likeness (QED) is 0.656. The van der Waals surface area contributed by atoms with Crippen LogP contribution in [0.4, 0.5) is 0 Å². The van der Waals surface area contributed by atoms with Gasteiger partial charge in [-0.3, -0.25) is 0 Å². The van der Waals surface area contributed by atoms with Crippen molar-refractivity contribution in [1.82, 2.24) is 5.32 Å². The summed E-state index contributed by atoms with van der Waals surface area (Å²) in [6.07, 6.45) is 7.08. The molecule has 0 saturated heterocycles. The van der Waals surface area contributed by atoms with E-state index in [9.17, 15) is 0 Å². The molecule has 2 heteroatoms. The van der Waals surface area contributed by atoms with Crippen LogP contribution in [0.25, 0.3) is 0 Å². The van der Waals surface area contributed by atoms with Crippen LogP contribution in [-0.2, 0) is 4.74 Å². The summed E-state index contributed by atoms with van der Waals surface area (Å²) >= 11 is 0. The lowest BCUT2D eigenvalue weighted by molar-refractivity contribution is 0.191. The van der Waals surface area contributed by atoms with Gasteiger partial charge in [0.2, 0.25) is 0 Å². The molecule has 13 heavy (non-hydrogen) atoms. The Kier molecular flexibility index (Phi) is 3.23. The largest absolute Gasteiger partial charge is 0.385 e. The Morgan fingerprint density at radius 3 is 2.85 bits per heavy atom. The third kappa shape index (κ3) is 2.23. The third-order valence-electron chi connectivity index (χ3n) is 3.67. The first kappa shape index (κ1) is 9.47. The van der Waals surface area contributed by atoms with Gasteiger partial charge in [-0.15, -0.1) is 0 Å². The zero-order chi connectivity index (χ0) is 9.10. The lowest BCUT2D eigenvalue weighted by Crippen LogP contribution is -2.34. The Hall–Kier alpha value is -0.0800. The maximum Gasteiger partial charge on any atom is 0.0474 e. The van der Waals surface area contributed by atoms with Gasteiger partial charge in [-0.05, 0) is 44.1 Å². The van der Waals surface area contributed by atoms with E-state index in [0.717, 1.165) is 37.5 Å². The predicted octanol–water partition coefficient (Wildman–Crippen LogP) is 1.80. The van der Waals surface area contributed by atoms with Gasteiger partial charge in [-0.25, -0.2) is 0 Å². The minimum atomic E-state index is 0.843. The van der Waals surface area contributed by atoms with Crippen molar-refractivity contribution in [3.8, 4) is 0 Å². The van der Waals surface area contributed by atoms with Crippen LogP contribution in [0.3, 0.4) is 0 Å². The Bertz CT molecular complexity index is 160. The SMILES string of the molecule is COCCCN[C@@H]1C[C@H]2CC[C@@H]1C2. The molecule has 0 heterocycles. The summed E-state index contributed by atoms with van der Waals surface area (Å²) in [6.45, 7) is 2.04. The molecular weight excluding hydrogens is 162 g/mol. The van der Waals surface area contributed by atoms with Crippen LogP contribution >= 0.6 is 0 Å². The zero-order valence-electron chi connectivity index (χ0n) is 8.59. The minimum Gasteiger partial charge on any atom is -0.385 e. The first-order valence-corrected chi connectivity index (χ1v) is 5.62. The number of hydrogen-bond acceptors (Lipinski definition) is 2. The fraction of sp³-hybridized carbons (Fsp3) is 1.00. The molecule has 2 rings (SSSR count). The Balaban J connectivity index is 1.60. The highest BCUT2D eigenvalue weighted by atomic mass is 16.5. The normalized spacial score (nSPS) is 37.2. The monoisotopic (exact) mass is 183 g/mol. The summed E-state index contributed by atoms with van der Waals surface area (Å²) in [5, 5.41) is 3.67. The molecule has 0 aromatic heterocycles. The molecule has 0 amide bonds. The van der Waals surface area contributed by atoms with Crippen molar-refractivity contribution in [3.63, 3.8) is 0 Å². The van der Waals surface area contributed by atoms with Gasteiger partial charge in [0.25, 0.3) is 0 Å². The lowest BCUT2D eigenvalue weighted by atomic mass is 9.95. The standard InChI is InChI=1S/C11H21NO/c1-13-6-2-5-12-11-8-9-3-4-10(11)7-9/h9-12H,2-8H2,1H3/t9-,10+,11+/m0/s1. The van der Waals surface area contributed by atoms with Crippen molar-refractivity contribution in [3.05, 3.63) is 0 Å². The smallest absolute Gasteiger partial charge is 0.0474 e. The second-order valence-corrected chi connectivity index (χ2v) is 4.58. The van der Waals surface area contributed by atoms with Crippen molar-refractivity contribution in [2.75, 3.05) is 20.3 Å². The Labute approximate surface area is 81.0 Å². The maximum atomic E-state index is 5.03. The number of fused-ring (bicyclic) bond motifs is 2. The molecule has 2 fully saturated rings. The summed E-state index contributed by atoms with van der Waals surface area (Å²) in [7, 11) is 1.78. The van der Waals surface area contributed by atoms with E-state index < -0.39 is 0 Å². The summed E-state index contributed by atoms with van der Waals surface area (Å²) in [5.41, 5.74) is 0. The fourth-order valence-electron chi connectivity index (χ4n) is 3.00. The Morgan fingerprint density at radius 2 is 2.23 bits per heavy atom. The van der Waals surface area contributed by atoms with Crippen LogP contribution in [-0.4, -0.2) is 26.3 Å². The average Bonchev–Trinajstić information content (AvgIpc) is 2.73. The number of methoxy groups -OCH3 is 1. The molecule has 0 aliphatic heterocycles. The second-order valence-electron chi connectivity index (χ2n) is 4.58. The molecule has 0 aromatic carbocycles. The third-order valence-corrected chi connectivity index (χ3v) is 3.67. The minimum absolute atomic E-state index is 0.843. The number of nitrogens with one attached hydrogen (secondary N) is 1. The average molecular weight is 183 g/mol. The molecule has 2 bridgehead atoms. The van der Waals surface area contributed by atoms with E-state index in [0.29, 0.717) is 0 Å². The molecule has 3 atom stereocenters. The molecule has 2 aliphatic carbocycles. The van der Waals surface area contributed by atoms with Gasteiger partial charge in [-0.1, -0.05) is 6.42 Å². The highest BCUT2D eigenvalue weighted by Crippen LogP contribution is 2.44. The molecule has 0 spiro atoms. The van der Waals surface area contributed by atoms with E-state index in [2.05, 4.69) is 5.32 Å². The predicted molar refractivity (Wildman–Crippen MR) is 53.7 cm³/mol. The van der Waals surface area contributed by atoms with Crippen molar-refractivity contribution in [1.29, 1.82) is 0 Å². The molecule has 2 nitrogen and oxygen atoms in total. The molecule has 0 unspecified atom stereocenters. The zero-order valence-corrected chi connectivity index (χ0v) is 8.59. The molecule has 0 radical (unpaired) electrons. The molecule has 1 N–H and O–H groups in total. The summed E-state index contributed by atoms with van der Waals surface area (Å²) in [6, 6.07) is 0.843. The molecular formula is C11H21NO. The number of ether oxygens (including phenoxy) is 1. The van der Waals surface area contributed by atoms with E-state index in [1.54, 1.807) is 7.11 Å². The van der Waals surface area contributed by atoms with E-state index in [-0.39, 0.29) is 0 Å². The second kappa shape index (κ2) is 4.43. The molecule has 2 saturated carbocycles. The highest BCUT2D eigenvalue weighted by molar-refractivity contribution is 4.93. The van der Waals surface area contributed by atoms with E-state index >= 15 is 0 Å². The van der Waals surface area contributed by atoms with Crippen LogP contribution < -0.4 is 5.32 Å². The first-order chi connectivity index (χ1) is 6.40. The van der Waals surface area contributed by atoms with Gasteiger partial charge in [0.15, 0.2) is 0 Å². The fourth-order valence-corrected chi connectivity index (χ4v) is 3.00. The number of rotatable bonds is 5. The van der Waals surface area contributed by atoms with Crippen molar-refractivity contribution >= 4 is 0 Å². The van der Waals surface area contributed by atoms with E-state index in [4.69, 9.17) is 4.74 Å². The summed E-state index contributed by atoms with van der Waals surface area (Å²) < 4.78 is 5.03. The molecule has 76 valence electrons. The maximum absolute atomic E-state index is 5.03. The van der Waals surface area contributed by atoms with Gasteiger partial charge in [0.1, 0.15) is 0 Å². The Morgan fingerprint density at radius 1 is 1.31 bits per heavy atom. The van der Waals surface area contributed by atoms with Gasteiger partial charge in [-0.2, -0.15) is 0 Å². The first-order valence-electron chi connectivity index (χ1n) is 5.62. The lowest BCUT2D eigenvalue weighted by Gasteiger charge is -2.22.